The van der Waals surface area contributed by atoms with Crippen LogP contribution >= 0.6 is 11.6 Å². The summed E-state index contributed by atoms with van der Waals surface area (Å²) in [6.07, 6.45) is 0. The number of benzene rings is 2. The molecule has 0 fully saturated rings. The fourth-order valence-corrected chi connectivity index (χ4v) is 1.77. The van der Waals surface area contributed by atoms with Gasteiger partial charge >= 0.3 is 0 Å². The van der Waals surface area contributed by atoms with E-state index in [0.717, 1.165) is 5.56 Å². The molecule has 0 N–H and O–H groups in total. The minimum atomic E-state index is -0.353. The molecule has 0 heterocycles. The smallest absolute Gasteiger partial charge is 0.280 e. The number of ether oxygens (including phenoxy) is 1. The van der Waals surface area contributed by atoms with Crippen LogP contribution in [-0.4, -0.2) is 18.4 Å². The Balaban J connectivity index is 2.29. The van der Waals surface area contributed by atoms with Crippen molar-refractivity contribution in [3.63, 3.8) is 0 Å². The second kappa shape index (κ2) is 6.87. The highest BCUT2D eigenvalue weighted by atomic mass is 35.5. The van der Waals surface area contributed by atoms with Crippen LogP contribution in [0.25, 0.3) is 0 Å². The lowest BCUT2D eigenvalue weighted by atomic mass is 10.2. The van der Waals surface area contributed by atoms with Crippen LogP contribution in [0.1, 0.15) is 22.8 Å². The van der Waals surface area contributed by atoms with E-state index in [1.165, 1.54) is 0 Å². The van der Waals surface area contributed by atoms with E-state index in [0.29, 0.717) is 23.1 Å². The van der Waals surface area contributed by atoms with Crippen LogP contribution in [0, 0.1) is 0 Å². The zero-order valence-corrected chi connectivity index (χ0v) is 11.8. The number of carbonyl (C=O) groups excluding carboxylic acids is 1. The van der Waals surface area contributed by atoms with Gasteiger partial charge < -0.3 is 4.74 Å². The zero-order valence-electron chi connectivity index (χ0n) is 11.0. The molecule has 0 spiro atoms. The maximum atomic E-state index is 12.1. The molecule has 0 saturated carbocycles. The predicted molar refractivity (Wildman–Crippen MR) is 80.4 cm³/mol. The van der Waals surface area contributed by atoms with Gasteiger partial charge in [-0.1, -0.05) is 29.8 Å². The molecule has 0 aliphatic carbocycles. The van der Waals surface area contributed by atoms with E-state index in [4.69, 9.17) is 16.3 Å². The van der Waals surface area contributed by atoms with Crippen molar-refractivity contribution >= 4 is 23.4 Å². The van der Waals surface area contributed by atoms with Crippen molar-refractivity contribution in [2.24, 2.45) is 4.99 Å². The molecule has 4 heteroatoms. The van der Waals surface area contributed by atoms with Gasteiger partial charge in [0.25, 0.3) is 5.91 Å². The van der Waals surface area contributed by atoms with Crippen molar-refractivity contribution in [3.8, 4) is 0 Å². The van der Waals surface area contributed by atoms with Gasteiger partial charge in [0.2, 0.25) is 5.90 Å². The average Bonchev–Trinajstić information content (AvgIpc) is 2.48. The van der Waals surface area contributed by atoms with E-state index in [-0.39, 0.29) is 5.91 Å². The molecule has 2 aromatic rings. The van der Waals surface area contributed by atoms with E-state index in [9.17, 15) is 4.79 Å². The van der Waals surface area contributed by atoms with Crippen LogP contribution < -0.4 is 0 Å². The van der Waals surface area contributed by atoms with Crippen molar-refractivity contribution in [2.75, 3.05) is 6.61 Å². The third kappa shape index (κ3) is 3.68. The van der Waals surface area contributed by atoms with Gasteiger partial charge in [0, 0.05) is 16.1 Å². The van der Waals surface area contributed by atoms with Crippen LogP contribution in [0.5, 0.6) is 0 Å². The van der Waals surface area contributed by atoms with Crippen molar-refractivity contribution < 1.29 is 9.53 Å². The quantitative estimate of drug-likeness (QED) is 0.633. The highest BCUT2D eigenvalue weighted by Gasteiger charge is 2.09. The third-order valence-electron chi connectivity index (χ3n) is 2.60. The molecular weight excluding hydrogens is 274 g/mol. The lowest BCUT2D eigenvalue weighted by Crippen LogP contribution is -2.10. The number of nitrogens with zero attached hydrogens (tertiary/aromatic N) is 1. The summed E-state index contributed by atoms with van der Waals surface area (Å²) < 4.78 is 5.45. The summed E-state index contributed by atoms with van der Waals surface area (Å²) in [6, 6.07) is 15.9. The number of halogens is 1. The molecule has 0 saturated heterocycles. The molecule has 102 valence electrons. The van der Waals surface area contributed by atoms with E-state index in [1.54, 1.807) is 24.3 Å². The second-order valence-electron chi connectivity index (χ2n) is 4.03. The fraction of sp³-hybridized carbons (Fsp3) is 0.125. The molecule has 0 aliphatic heterocycles. The van der Waals surface area contributed by atoms with Crippen molar-refractivity contribution in [3.05, 3.63) is 70.7 Å². The fourth-order valence-electron chi connectivity index (χ4n) is 1.65. The first-order valence-corrected chi connectivity index (χ1v) is 6.65. The Hall–Kier alpha value is -2.13. The molecule has 2 aromatic carbocycles. The molecule has 0 bridgehead atoms. The lowest BCUT2D eigenvalue weighted by molar-refractivity contribution is 0.0999. The summed E-state index contributed by atoms with van der Waals surface area (Å²) >= 11 is 5.80. The normalized spacial score (nSPS) is 11.2. The van der Waals surface area contributed by atoms with E-state index in [1.807, 2.05) is 37.3 Å². The summed E-state index contributed by atoms with van der Waals surface area (Å²) in [7, 11) is 0. The Morgan fingerprint density at radius 2 is 1.70 bits per heavy atom. The highest BCUT2D eigenvalue weighted by molar-refractivity contribution is 6.30. The number of hydrogen-bond donors (Lipinski definition) is 0. The minimum Gasteiger partial charge on any atom is -0.477 e. The van der Waals surface area contributed by atoms with Crippen LogP contribution in [-0.2, 0) is 4.74 Å². The second-order valence-corrected chi connectivity index (χ2v) is 4.46. The van der Waals surface area contributed by atoms with Crippen molar-refractivity contribution in [1.29, 1.82) is 0 Å². The molecule has 1 amide bonds. The van der Waals surface area contributed by atoms with Crippen molar-refractivity contribution in [2.45, 2.75) is 6.92 Å². The molecule has 0 atom stereocenters. The summed E-state index contributed by atoms with van der Waals surface area (Å²) in [5.74, 6) is -0.0259. The largest absolute Gasteiger partial charge is 0.477 e. The standard InChI is InChI=1S/C16H14ClNO2/c1-2-20-16(13-6-4-3-5-7-13)18-15(19)12-8-10-14(17)11-9-12/h3-11H,2H2,1H3. The molecule has 0 aromatic heterocycles. The number of amides is 1. The molecule has 0 unspecified atom stereocenters. The highest BCUT2D eigenvalue weighted by Crippen LogP contribution is 2.11. The van der Waals surface area contributed by atoms with E-state index >= 15 is 0 Å². The van der Waals surface area contributed by atoms with Crippen LogP contribution in [0.3, 0.4) is 0 Å². The topological polar surface area (TPSA) is 38.7 Å². The van der Waals surface area contributed by atoms with Crippen LogP contribution in [0.15, 0.2) is 59.6 Å². The minimum absolute atomic E-state index is 0.327. The van der Waals surface area contributed by atoms with Gasteiger partial charge in [0.05, 0.1) is 6.61 Å². The van der Waals surface area contributed by atoms with Crippen LogP contribution in [0.2, 0.25) is 5.02 Å². The molecule has 3 nitrogen and oxygen atoms in total. The number of hydrogen-bond acceptors (Lipinski definition) is 2. The first-order chi connectivity index (χ1) is 9.70. The molecule has 0 radical (unpaired) electrons. The van der Waals surface area contributed by atoms with E-state index < -0.39 is 0 Å². The van der Waals surface area contributed by atoms with Crippen LogP contribution in [0.4, 0.5) is 0 Å². The van der Waals surface area contributed by atoms with Gasteiger partial charge in [-0.2, -0.15) is 4.99 Å². The monoisotopic (exact) mass is 287 g/mol. The Morgan fingerprint density at radius 3 is 2.30 bits per heavy atom. The molecular formula is C16H14ClNO2. The third-order valence-corrected chi connectivity index (χ3v) is 2.85. The SMILES string of the molecule is CCOC(=NC(=O)c1ccc(Cl)cc1)c1ccccc1. The van der Waals surface area contributed by atoms with Gasteiger partial charge in [0.15, 0.2) is 0 Å². The predicted octanol–water partition coefficient (Wildman–Crippen LogP) is 3.96. The van der Waals surface area contributed by atoms with Gasteiger partial charge in [0.1, 0.15) is 0 Å². The Morgan fingerprint density at radius 1 is 1.05 bits per heavy atom. The van der Waals surface area contributed by atoms with Crippen molar-refractivity contribution in [1.82, 2.24) is 0 Å². The Kier molecular flexibility index (Phi) is 4.91. The summed E-state index contributed by atoms with van der Waals surface area (Å²) in [4.78, 5) is 16.2. The maximum absolute atomic E-state index is 12.1. The van der Waals surface area contributed by atoms with Gasteiger partial charge in [-0.05, 0) is 43.3 Å². The summed E-state index contributed by atoms with van der Waals surface area (Å²) in [5, 5.41) is 0.582. The Bertz CT molecular complexity index is 606. The average molecular weight is 288 g/mol. The number of aliphatic imine (C=N–C) groups is 1. The first-order valence-electron chi connectivity index (χ1n) is 6.27. The number of carbonyl (C=O) groups is 1. The summed E-state index contributed by atoms with van der Waals surface area (Å²) in [6.45, 7) is 2.30. The molecule has 20 heavy (non-hydrogen) atoms. The Labute approximate surface area is 122 Å². The lowest BCUT2D eigenvalue weighted by Gasteiger charge is -2.07. The first kappa shape index (κ1) is 14.3. The maximum Gasteiger partial charge on any atom is 0.280 e. The zero-order chi connectivity index (χ0) is 14.4. The van der Waals surface area contributed by atoms with E-state index in [2.05, 4.69) is 4.99 Å². The number of rotatable bonds is 3. The van der Waals surface area contributed by atoms with Gasteiger partial charge in [-0.15, -0.1) is 0 Å². The van der Waals surface area contributed by atoms with Gasteiger partial charge in [-0.3, -0.25) is 4.79 Å². The molecule has 0 aliphatic rings. The van der Waals surface area contributed by atoms with Gasteiger partial charge in [-0.25, -0.2) is 0 Å². The summed E-state index contributed by atoms with van der Waals surface area (Å²) in [5.41, 5.74) is 1.25. The molecule has 2 rings (SSSR count).